The van der Waals surface area contributed by atoms with Crippen LogP contribution in [0, 0.1) is 5.41 Å². The Morgan fingerprint density at radius 1 is 1.35 bits per heavy atom. The number of sulfonamides is 1. The van der Waals surface area contributed by atoms with Crippen LogP contribution in [-0.2, 0) is 10.0 Å². The minimum absolute atomic E-state index is 0.130. The molecule has 0 aliphatic carbocycles. The number of nitrogens with one attached hydrogen (secondary N) is 2. The van der Waals surface area contributed by atoms with Crippen LogP contribution in [0.15, 0.2) is 4.99 Å². The summed E-state index contributed by atoms with van der Waals surface area (Å²) in [4.78, 5) is 6.55. The molecule has 0 atom stereocenters. The topological polar surface area (TPSA) is 73.8 Å². The van der Waals surface area contributed by atoms with Crippen LogP contribution < -0.4 is 10.0 Å². The van der Waals surface area contributed by atoms with E-state index in [0.717, 1.165) is 32.0 Å². The van der Waals surface area contributed by atoms with E-state index >= 15 is 0 Å². The predicted octanol–water partition coefficient (Wildman–Crippen LogP) is 0.623. The fourth-order valence-corrected chi connectivity index (χ4v) is 2.90. The monoisotopic (exact) mass is 304 g/mol. The summed E-state index contributed by atoms with van der Waals surface area (Å²) in [7, 11) is -1.29. The molecule has 0 amide bonds. The van der Waals surface area contributed by atoms with E-state index < -0.39 is 10.0 Å². The molecule has 0 aromatic rings. The van der Waals surface area contributed by atoms with Crippen molar-refractivity contribution in [2.45, 2.75) is 33.6 Å². The van der Waals surface area contributed by atoms with Gasteiger partial charge in [0.2, 0.25) is 10.0 Å². The Morgan fingerprint density at radius 3 is 2.55 bits per heavy atom. The molecule has 0 unspecified atom stereocenters. The summed E-state index contributed by atoms with van der Waals surface area (Å²) in [6.45, 7) is 9.38. The molecular weight excluding hydrogens is 276 g/mol. The number of hydrogen-bond acceptors (Lipinski definition) is 3. The molecule has 0 bridgehead atoms. The Hall–Kier alpha value is -0.820. The molecule has 1 heterocycles. The molecule has 1 fully saturated rings. The van der Waals surface area contributed by atoms with Gasteiger partial charge in [-0.15, -0.1) is 0 Å². The molecule has 0 spiro atoms. The van der Waals surface area contributed by atoms with Crippen molar-refractivity contribution in [1.29, 1.82) is 0 Å². The lowest BCUT2D eigenvalue weighted by atomic mass is 9.93. The van der Waals surface area contributed by atoms with Crippen LogP contribution >= 0.6 is 0 Å². The maximum Gasteiger partial charge on any atom is 0.211 e. The minimum Gasteiger partial charge on any atom is -0.356 e. The highest BCUT2D eigenvalue weighted by Crippen LogP contribution is 2.28. The minimum atomic E-state index is -3.08. The van der Waals surface area contributed by atoms with Crippen molar-refractivity contribution in [3.8, 4) is 0 Å². The summed E-state index contributed by atoms with van der Waals surface area (Å²) in [6, 6.07) is 0. The van der Waals surface area contributed by atoms with Crippen LogP contribution in [-0.4, -0.2) is 58.3 Å². The van der Waals surface area contributed by atoms with Gasteiger partial charge in [-0.25, -0.2) is 13.1 Å². The van der Waals surface area contributed by atoms with Gasteiger partial charge in [0.05, 0.1) is 5.75 Å². The number of hydrogen-bond donors (Lipinski definition) is 2. The van der Waals surface area contributed by atoms with Gasteiger partial charge in [-0.1, -0.05) is 13.8 Å². The Balaban J connectivity index is 2.27. The molecular formula is C13H28N4O2S. The van der Waals surface area contributed by atoms with Crippen LogP contribution in [0.1, 0.15) is 33.6 Å². The van der Waals surface area contributed by atoms with Gasteiger partial charge >= 0.3 is 0 Å². The van der Waals surface area contributed by atoms with E-state index in [4.69, 9.17) is 0 Å². The quantitative estimate of drug-likeness (QED) is 0.429. The molecule has 1 aliphatic heterocycles. The summed E-state index contributed by atoms with van der Waals surface area (Å²) >= 11 is 0. The Morgan fingerprint density at radius 2 is 2.05 bits per heavy atom. The third-order valence-corrected chi connectivity index (χ3v) is 4.93. The molecule has 0 aromatic heterocycles. The van der Waals surface area contributed by atoms with Crippen molar-refractivity contribution < 1.29 is 8.42 Å². The lowest BCUT2D eigenvalue weighted by molar-refractivity contribution is 0.370. The molecule has 0 radical (unpaired) electrons. The van der Waals surface area contributed by atoms with E-state index in [1.54, 1.807) is 14.0 Å². The smallest absolute Gasteiger partial charge is 0.211 e. The molecule has 7 heteroatoms. The largest absolute Gasteiger partial charge is 0.356 e. The number of likely N-dealkylation sites (tertiary alicyclic amines) is 1. The van der Waals surface area contributed by atoms with Gasteiger partial charge in [0.25, 0.3) is 0 Å². The van der Waals surface area contributed by atoms with E-state index in [0.29, 0.717) is 12.0 Å². The first-order chi connectivity index (χ1) is 9.29. The van der Waals surface area contributed by atoms with Crippen molar-refractivity contribution in [2.75, 3.05) is 39.0 Å². The van der Waals surface area contributed by atoms with Crippen molar-refractivity contribution in [3.05, 3.63) is 0 Å². The molecule has 0 saturated carbocycles. The first-order valence-corrected chi connectivity index (χ1v) is 8.88. The number of guanidine groups is 1. The average molecular weight is 304 g/mol. The molecule has 1 aliphatic rings. The maximum absolute atomic E-state index is 11.3. The van der Waals surface area contributed by atoms with Crippen LogP contribution in [0.5, 0.6) is 0 Å². The number of nitrogens with zero attached hydrogens (tertiary/aromatic N) is 2. The summed E-state index contributed by atoms with van der Waals surface area (Å²) in [6.07, 6.45) is 1.92. The van der Waals surface area contributed by atoms with Crippen molar-refractivity contribution in [3.63, 3.8) is 0 Å². The summed E-state index contributed by atoms with van der Waals surface area (Å²) in [5.41, 5.74) is 0.342. The zero-order valence-electron chi connectivity index (χ0n) is 13.1. The molecule has 1 rings (SSSR count). The van der Waals surface area contributed by atoms with Crippen LogP contribution in [0.4, 0.5) is 0 Å². The Labute approximate surface area is 123 Å². The molecule has 6 nitrogen and oxygen atoms in total. The Kier molecular flexibility index (Phi) is 6.26. The third kappa shape index (κ3) is 5.66. The zero-order valence-corrected chi connectivity index (χ0v) is 13.9. The van der Waals surface area contributed by atoms with Crippen LogP contribution in [0.25, 0.3) is 0 Å². The second-order valence-corrected chi connectivity index (χ2v) is 8.06. The molecule has 2 N–H and O–H groups in total. The van der Waals surface area contributed by atoms with Gasteiger partial charge in [0, 0.05) is 33.2 Å². The van der Waals surface area contributed by atoms with E-state index in [2.05, 4.69) is 33.8 Å². The van der Waals surface area contributed by atoms with E-state index in [-0.39, 0.29) is 5.75 Å². The van der Waals surface area contributed by atoms with Crippen LogP contribution in [0.2, 0.25) is 0 Å². The first kappa shape index (κ1) is 17.2. The van der Waals surface area contributed by atoms with Crippen LogP contribution in [0.3, 0.4) is 0 Å². The summed E-state index contributed by atoms with van der Waals surface area (Å²) < 4.78 is 25.1. The average Bonchev–Trinajstić information content (AvgIpc) is 2.74. The second-order valence-electron chi connectivity index (χ2n) is 5.96. The molecule has 118 valence electrons. The van der Waals surface area contributed by atoms with Crippen molar-refractivity contribution in [2.24, 2.45) is 10.4 Å². The summed E-state index contributed by atoms with van der Waals surface area (Å²) in [5.74, 6) is 1.04. The van der Waals surface area contributed by atoms with Crippen molar-refractivity contribution >= 4 is 16.0 Å². The third-order valence-electron chi connectivity index (χ3n) is 3.53. The molecule has 0 aromatic carbocycles. The second kappa shape index (κ2) is 7.26. The molecule has 20 heavy (non-hydrogen) atoms. The standard InChI is InChI=1S/C13H28N4O2S/c1-5-20(18,19)16-9-6-8-15-12(14-4)17-10-7-13(2,3)11-17/h16H,5-11H2,1-4H3,(H,14,15). The summed E-state index contributed by atoms with van der Waals surface area (Å²) in [5, 5.41) is 3.29. The molecule has 1 saturated heterocycles. The first-order valence-electron chi connectivity index (χ1n) is 7.22. The van der Waals surface area contributed by atoms with E-state index in [9.17, 15) is 8.42 Å². The highest BCUT2D eigenvalue weighted by atomic mass is 32.2. The highest BCUT2D eigenvalue weighted by Gasteiger charge is 2.30. The van der Waals surface area contributed by atoms with Gasteiger partial charge in [-0.2, -0.15) is 0 Å². The van der Waals surface area contributed by atoms with E-state index in [1.807, 2.05) is 0 Å². The lowest BCUT2D eigenvalue weighted by Crippen LogP contribution is -2.41. The van der Waals surface area contributed by atoms with E-state index in [1.165, 1.54) is 6.42 Å². The maximum atomic E-state index is 11.3. The van der Waals surface area contributed by atoms with Gasteiger partial charge in [-0.3, -0.25) is 4.99 Å². The predicted molar refractivity (Wildman–Crippen MR) is 83.4 cm³/mol. The zero-order chi connectivity index (χ0) is 15.2. The lowest BCUT2D eigenvalue weighted by Gasteiger charge is -2.23. The van der Waals surface area contributed by atoms with Gasteiger partial charge < -0.3 is 10.2 Å². The number of rotatable bonds is 6. The van der Waals surface area contributed by atoms with Gasteiger partial charge in [0.1, 0.15) is 0 Å². The van der Waals surface area contributed by atoms with Gasteiger partial charge in [0.15, 0.2) is 5.96 Å². The fraction of sp³-hybridized carbons (Fsp3) is 0.923. The Bertz CT molecular complexity index is 432. The highest BCUT2D eigenvalue weighted by molar-refractivity contribution is 7.89. The van der Waals surface area contributed by atoms with Gasteiger partial charge in [-0.05, 0) is 25.2 Å². The SMILES string of the molecule is CCS(=O)(=O)NCCCNC(=NC)N1CCC(C)(C)C1. The van der Waals surface area contributed by atoms with Crippen molar-refractivity contribution in [1.82, 2.24) is 14.9 Å². The number of aliphatic imine (C=N–C) groups is 1. The normalized spacial score (nSPS) is 19.4. The fourth-order valence-electron chi connectivity index (χ4n) is 2.24.